The summed E-state index contributed by atoms with van der Waals surface area (Å²) in [6.07, 6.45) is 2.63. The van der Waals surface area contributed by atoms with Crippen LogP contribution in [0.15, 0.2) is 77.7 Å². The van der Waals surface area contributed by atoms with E-state index in [0.29, 0.717) is 6.54 Å². The Labute approximate surface area is 130 Å². The number of benzene rings is 2. The van der Waals surface area contributed by atoms with E-state index in [1.165, 1.54) is 0 Å². The number of aromatic nitrogens is 1. The third kappa shape index (κ3) is 2.86. The fraction of sp³-hybridized carbons (Fsp3) is 0.150. The molecule has 0 saturated heterocycles. The lowest BCUT2D eigenvalue weighted by Crippen LogP contribution is -2.24. The Morgan fingerprint density at radius 3 is 2.14 bits per heavy atom. The number of nitrogens with zero attached hydrogens (tertiary/aromatic N) is 1. The molecule has 0 amide bonds. The molecule has 0 N–H and O–H groups in total. The molecular weight excluding hydrogens is 270 g/mol. The first-order valence-electron chi connectivity index (χ1n) is 7.61. The van der Waals surface area contributed by atoms with E-state index in [4.69, 9.17) is 0 Å². The lowest BCUT2D eigenvalue weighted by Gasteiger charge is -2.12. The first-order chi connectivity index (χ1) is 10.8. The van der Waals surface area contributed by atoms with Gasteiger partial charge in [0, 0.05) is 11.8 Å². The number of pyridine rings is 1. The zero-order valence-electron chi connectivity index (χ0n) is 12.7. The molecule has 1 aromatic heterocycles. The van der Waals surface area contributed by atoms with Gasteiger partial charge in [0.2, 0.25) is 0 Å². The van der Waals surface area contributed by atoms with Crippen molar-refractivity contribution in [2.45, 2.75) is 19.9 Å². The van der Waals surface area contributed by atoms with Gasteiger partial charge in [-0.3, -0.25) is 4.79 Å². The van der Waals surface area contributed by atoms with Crippen molar-refractivity contribution >= 4 is 0 Å². The van der Waals surface area contributed by atoms with Gasteiger partial charge >= 0.3 is 0 Å². The number of hydrogen-bond donors (Lipinski definition) is 0. The van der Waals surface area contributed by atoms with E-state index in [9.17, 15) is 4.79 Å². The van der Waals surface area contributed by atoms with Gasteiger partial charge < -0.3 is 4.57 Å². The van der Waals surface area contributed by atoms with Crippen molar-refractivity contribution in [3.05, 3.63) is 94.4 Å². The largest absolute Gasteiger partial charge is 0.311 e. The molecule has 3 aromatic rings. The summed E-state index contributed by atoms with van der Waals surface area (Å²) in [4.78, 5) is 12.8. The van der Waals surface area contributed by atoms with Gasteiger partial charge in [-0.15, -0.1) is 0 Å². The molecular formula is C20H19NO. The molecule has 0 fully saturated rings. The van der Waals surface area contributed by atoms with Crippen molar-refractivity contribution in [2.75, 3.05) is 0 Å². The highest BCUT2D eigenvalue weighted by molar-refractivity contribution is 5.66. The monoisotopic (exact) mass is 289 g/mol. The van der Waals surface area contributed by atoms with Crippen LogP contribution in [0.3, 0.4) is 0 Å². The standard InChI is InChI=1S/C20H19NO/c1-2-18-19(17-11-7-4-8-12-17)13-14-21(20(18)22)15-16-9-5-3-6-10-16/h3-14H,2,15H2,1H3. The average molecular weight is 289 g/mol. The molecule has 0 unspecified atom stereocenters. The summed E-state index contributed by atoms with van der Waals surface area (Å²) in [7, 11) is 0. The van der Waals surface area contributed by atoms with Gasteiger partial charge in [0.15, 0.2) is 0 Å². The van der Waals surface area contributed by atoms with Gasteiger partial charge in [0.1, 0.15) is 0 Å². The molecule has 110 valence electrons. The molecule has 22 heavy (non-hydrogen) atoms. The van der Waals surface area contributed by atoms with Gasteiger partial charge in [-0.25, -0.2) is 0 Å². The third-order valence-corrected chi connectivity index (χ3v) is 3.90. The van der Waals surface area contributed by atoms with Gasteiger partial charge in [0.25, 0.3) is 5.56 Å². The Hall–Kier alpha value is -2.61. The molecule has 0 aliphatic heterocycles. The molecule has 0 aliphatic carbocycles. The van der Waals surface area contributed by atoms with E-state index in [1.807, 2.05) is 61.7 Å². The SMILES string of the molecule is CCc1c(-c2ccccc2)ccn(Cc2ccccc2)c1=O. The van der Waals surface area contributed by atoms with Crippen molar-refractivity contribution in [1.82, 2.24) is 4.57 Å². The maximum Gasteiger partial charge on any atom is 0.254 e. The highest BCUT2D eigenvalue weighted by Gasteiger charge is 2.10. The molecule has 0 aliphatic rings. The second-order valence-electron chi connectivity index (χ2n) is 5.35. The predicted molar refractivity (Wildman–Crippen MR) is 91.1 cm³/mol. The Bertz CT molecular complexity index is 804. The summed E-state index contributed by atoms with van der Waals surface area (Å²) in [5.41, 5.74) is 4.26. The minimum Gasteiger partial charge on any atom is -0.311 e. The molecule has 0 spiro atoms. The number of rotatable bonds is 4. The summed E-state index contributed by atoms with van der Waals surface area (Å²) < 4.78 is 1.79. The lowest BCUT2D eigenvalue weighted by atomic mass is 10.00. The first kappa shape index (κ1) is 14.3. The van der Waals surface area contributed by atoms with Crippen molar-refractivity contribution in [3.8, 4) is 11.1 Å². The van der Waals surface area contributed by atoms with Gasteiger partial charge in [-0.2, -0.15) is 0 Å². The van der Waals surface area contributed by atoms with Crippen LogP contribution < -0.4 is 5.56 Å². The fourth-order valence-electron chi connectivity index (χ4n) is 2.76. The third-order valence-electron chi connectivity index (χ3n) is 3.90. The minimum absolute atomic E-state index is 0.104. The lowest BCUT2D eigenvalue weighted by molar-refractivity contribution is 0.747. The maximum atomic E-state index is 12.8. The Morgan fingerprint density at radius 2 is 1.50 bits per heavy atom. The molecule has 0 saturated carbocycles. The topological polar surface area (TPSA) is 22.0 Å². The molecule has 1 heterocycles. The molecule has 0 radical (unpaired) electrons. The van der Waals surface area contributed by atoms with E-state index < -0.39 is 0 Å². The van der Waals surface area contributed by atoms with E-state index in [-0.39, 0.29) is 5.56 Å². The van der Waals surface area contributed by atoms with Crippen LogP contribution in [0.25, 0.3) is 11.1 Å². The summed E-state index contributed by atoms with van der Waals surface area (Å²) in [6, 6.07) is 22.2. The summed E-state index contributed by atoms with van der Waals surface area (Å²) in [5.74, 6) is 0. The zero-order chi connectivity index (χ0) is 15.4. The van der Waals surface area contributed by atoms with E-state index >= 15 is 0 Å². The summed E-state index contributed by atoms with van der Waals surface area (Å²) >= 11 is 0. The van der Waals surface area contributed by atoms with Crippen LogP contribution in [0.1, 0.15) is 18.1 Å². The summed E-state index contributed by atoms with van der Waals surface area (Å²) in [5, 5.41) is 0. The van der Waals surface area contributed by atoms with Crippen LogP contribution >= 0.6 is 0 Å². The zero-order valence-corrected chi connectivity index (χ0v) is 12.7. The van der Waals surface area contributed by atoms with Crippen LogP contribution in [0.5, 0.6) is 0 Å². The molecule has 0 bridgehead atoms. The number of hydrogen-bond acceptors (Lipinski definition) is 1. The normalized spacial score (nSPS) is 10.6. The van der Waals surface area contributed by atoms with E-state index in [0.717, 1.165) is 28.7 Å². The van der Waals surface area contributed by atoms with Crippen molar-refractivity contribution in [3.63, 3.8) is 0 Å². The first-order valence-corrected chi connectivity index (χ1v) is 7.61. The molecule has 2 nitrogen and oxygen atoms in total. The van der Waals surface area contributed by atoms with Crippen LogP contribution in [-0.4, -0.2) is 4.57 Å². The van der Waals surface area contributed by atoms with Crippen molar-refractivity contribution in [1.29, 1.82) is 0 Å². The molecule has 3 rings (SSSR count). The minimum atomic E-state index is 0.104. The molecule has 0 atom stereocenters. The van der Waals surface area contributed by atoms with Crippen LogP contribution in [-0.2, 0) is 13.0 Å². The highest BCUT2D eigenvalue weighted by atomic mass is 16.1. The maximum absolute atomic E-state index is 12.8. The van der Waals surface area contributed by atoms with Gasteiger partial charge in [0.05, 0.1) is 6.54 Å². The van der Waals surface area contributed by atoms with E-state index in [1.54, 1.807) is 4.57 Å². The second-order valence-corrected chi connectivity index (χ2v) is 5.35. The van der Waals surface area contributed by atoms with Crippen LogP contribution in [0, 0.1) is 0 Å². The van der Waals surface area contributed by atoms with Crippen LogP contribution in [0.4, 0.5) is 0 Å². The Balaban J connectivity index is 2.04. The molecule has 2 heteroatoms. The fourth-order valence-corrected chi connectivity index (χ4v) is 2.76. The predicted octanol–water partition coefficient (Wildman–Crippen LogP) is 4.13. The summed E-state index contributed by atoms with van der Waals surface area (Å²) in [6.45, 7) is 2.65. The Morgan fingerprint density at radius 1 is 0.864 bits per heavy atom. The van der Waals surface area contributed by atoms with Gasteiger partial charge in [-0.1, -0.05) is 67.6 Å². The highest BCUT2D eigenvalue weighted by Crippen LogP contribution is 2.21. The van der Waals surface area contributed by atoms with Crippen LogP contribution in [0.2, 0.25) is 0 Å². The van der Waals surface area contributed by atoms with Crippen molar-refractivity contribution < 1.29 is 0 Å². The quantitative estimate of drug-likeness (QED) is 0.708. The average Bonchev–Trinajstić information content (AvgIpc) is 2.58. The molecule has 2 aromatic carbocycles. The van der Waals surface area contributed by atoms with Crippen molar-refractivity contribution in [2.24, 2.45) is 0 Å². The van der Waals surface area contributed by atoms with E-state index in [2.05, 4.69) is 18.2 Å². The van der Waals surface area contributed by atoms with Gasteiger partial charge in [-0.05, 0) is 29.2 Å². The smallest absolute Gasteiger partial charge is 0.254 e. The second kappa shape index (κ2) is 6.44. The Kier molecular flexibility index (Phi) is 4.19.